The summed E-state index contributed by atoms with van der Waals surface area (Å²) in [6.07, 6.45) is -0.723. The number of aliphatic hydroxyl groups is 1. The van der Waals surface area contributed by atoms with Gasteiger partial charge in [-0.15, -0.1) is 0 Å². The standard InChI is InChI=1S/C24H24ClN7O2/c1-13(22-31-19-10-6-8-17(25)20(19)24(34)32-22)29-23(28-4)16(21(26)27-3)12-11-15-7-5-9-18(30-15)14(2)33/h5-10,13-14,16,33H,4H2,1-3H3,(H2,26,27)(H,31,32,34). The summed E-state index contributed by atoms with van der Waals surface area (Å²) in [4.78, 5) is 36.7. The Kier molecular flexibility index (Phi) is 7.89. The highest BCUT2D eigenvalue weighted by Gasteiger charge is 2.20. The zero-order valence-electron chi connectivity index (χ0n) is 19.0. The molecule has 2 heterocycles. The highest BCUT2D eigenvalue weighted by Crippen LogP contribution is 2.21. The Morgan fingerprint density at radius 3 is 2.65 bits per heavy atom. The van der Waals surface area contributed by atoms with E-state index in [1.807, 2.05) is 0 Å². The fourth-order valence-electron chi connectivity index (χ4n) is 3.13. The SMILES string of the molecule is C=NC(=NC(C)c1nc2cccc(Cl)c2c(=O)[nH]1)C(C#Cc1cccc(C(C)O)n1)C(N)=NC. The van der Waals surface area contributed by atoms with Gasteiger partial charge in [0.15, 0.2) is 0 Å². The van der Waals surface area contributed by atoms with Crippen LogP contribution in [0.4, 0.5) is 0 Å². The van der Waals surface area contributed by atoms with E-state index < -0.39 is 18.1 Å². The van der Waals surface area contributed by atoms with Gasteiger partial charge in [-0.1, -0.05) is 29.7 Å². The smallest absolute Gasteiger partial charge is 0.260 e. The minimum absolute atomic E-state index is 0.185. The number of aliphatic imine (C=N–C) groups is 3. The van der Waals surface area contributed by atoms with E-state index in [-0.39, 0.29) is 17.2 Å². The minimum Gasteiger partial charge on any atom is -0.387 e. The van der Waals surface area contributed by atoms with Crippen LogP contribution < -0.4 is 11.3 Å². The van der Waals surface area contributed by atoms with Crippen molar-refractivity contribution in [1.82, 2.24) is 15.0 Å². The monoisotopic (exact) mass is 477 g/mol. The molecule has 34 heavy (non-hydrogen) atoms. The summed E-state index contributed by atoms with van der Waals surface area (Å²) in [6, 6.07) is 9.63. The van der Waals surface area contributed by atoms with Gasteiger partial charge in [-0.3, -0.25) is 14.8 Å². The number of H-pyrrole nitrogens is 1. The fraction of sp³-hybridized carbons (Fsp3) is 0.250. The van der Waals surface area contributed by atoms with Gasteiger partial charge in [-0.25, -0.2) is 15.0 Å². The van der Waals surface area contributed by atoms with Crippen LogP contribution in [0, 0.1) is 17.8 Å². The molecular formula is C24H24ClN7O2. The second-order valence-corrected chi connectivity index (χ2v) is 7.79. The van der Waals surface area contributed by atoms with Crippen LogP contribution in [-0.2, 0) is 0 Å². The third-order valence-electron chi connectivity index (χ3n) is 4.94. The van der Waals surface area contributed by atoms with Gasteiger partial charge in [0, 0.05) is 7.05 Å². The number of nitrogens with zero attached hydrogens (tertiary/aromatic N) is 5. The normalized spacial score (nSPS) is 14.7. The quantitative estimate of drug-likeness (QED) is 0.294. The summed E-state index contributed by atoms with van der Waals surface area (Å²) in [6.45, 7) is 6.97. The molecular weight excluding hydrogens is 454 g/mol. The molecule has 174 valence electrons. The predicted octanol–water partition coefficient (Wildman–Crippen LogP) is 2.84. The number of aromatic amines is 1. The number of fused-ring (bicyclic) bond motifs is 1. The molecule has 0 aliphatic rings. The van der Waals surface area contributed by atoms with Crippen LogP contribution in [0.5, 0.6) is 0 Å². The zero-order valence-corrected chi connectivity index (χ0v) is 19.7. The van der Waals surface area contributed by atoms with Crippen molar-refractivity contribution in [1.29, 1.82) is 0 Å². The molecule has 3 unspecified atom stereocenters. The molecule has 9 nitrogen and oxygen atoms in total. The van der Waals surface area contributed by atoms with E-state index >= 15 is 0 Å². The molecule has 2 aromatic heterocycles. The van der Waals surface area contributed by atoms with Crippen molar-refractivity contribution in [3.05, 3.63) is 69.0 Å². The van der Waals surface area contributed by atoms with E-state index in [9.17, 15) is 9.90 Å². The first-order valence-corrected chi connectivity index (χ1v) is 10.7. The van der Waals surface area contributed by atoms with Gasteiger partial charge in [-0.2, -0.15) is 0 Å². The number of hydrogen-bond acceptors (Lipinski definition) is 6. The maximum atomic E-state index is 12.6. The average molecular weight is 478 g/mol. The van der Waals surface area contributed by atoms with Crippen LogP contribution in [-0.4, -0.2) is 45.5 Å². The lowest BCUT2D eigenvalue weighted by Gasteiger charge is -2.13. The van der Waals surface area contributed by atoms with Crippen LogP contribution in [0.25, 0.3) is 10.9 Å². The van der Waals surface area contributed by atoms with Crippen LogP contribution >= 0.6 is 11.6 Å². The van der Waals surface area contributed by atoms with Gasteiger partial charge in [0.25, 0.3) is 5.56 Å². The van der Waals surface area contributed by atoms with Crippen LogP contribution in [0.1, 0.15) is 43.2 Å². The number of aromatic nitrogens is 3. The molecule has 0 saturated carbocycles. The largest absolute Gasteiger partial charge is 0.387 e. The summed E-state index contributed by atoms with van der Waals surface area (Å²) in [5.74, 6) is 5.86. The first-order valence-electron chi connectivity index (χ1n) is 10.4. The second-order valence-electron chi connectivity index (χ2n) is 7.38. The first kappa shape index (κ1) is 24.8. The van der Waals surface area contributed by atoms with Crippen LogP contribution in [0.2, 0.25) is 5.02 Å². The van der Waals surface area contributed by atoms with E-state index in [4.69, 9.17) is 17.3 Å². The van der Waals surface area contributed by atoms with Crippen molar-refractivity contribution < 1.29 is 5.11 Å². The lowest BCUT2D eigenvalue weighted by atomic mass is 10.1. The molecule has 3 atom stereocenters. The molecule has 1 aromatic carbocycles. The number of nitrogens with two attached hydrogens (primary N) is 1. The molecule has 3 rings (SSSR count). The summed E-state index contributed by atoms with van der Waals surface area (Å²) in [5.41, 5.74) is 7.13. The summed E-state index contributed by atoms with van der Waals surface area (Å²) >= 11 is 6.13. The molecule has 0 bridgehead atoms. The minimum atomic E-state index is -0.774. The molecule has 0 aliphatic heterocycles. The molecule has 0 radical (unpaired) electrons. The average Bonchev–Trinajstić information content (AvgIpc) is 2.82. The highest BCUT2D eigenvalue weighted by molar-refractivity contribution is 6.35. The third kappa shape index (κ3) is 5.54. The number of rotatable bonds is 5. The molecule has 0 saturated heterocycles. The second kappa shape index (κ2) is 10.8. The predicted molar refractivity (Wildman–Crippen MR) is 136 cm³/mol. The Morgan fingerprint density at radius 1 is 1.24 bits per heavy atom. The summed E-state index contributed by atoms with van der Waals surface area (Å²) in [5, 5.41) is 10.4. The number of hydrogen-bond donors (Lipinski definition) is 3. The van der Waals surface area contributed by atoms with Gasteiger partial charge in [0.05, 0.1) is 27.7 Å². The third-order valence-corrected chi connectivity index (χ3v) is 5.26. The Labute approximate surface area is 201 Å². The van der Waals surface area contributed by atoms with Crippen molar-refractivity contribution >= 4 is 40.9 Å². The molecule has 3 aromatic rings. The maximum Gasteiger partial charge on any atom is 0.260 e. The highest BCUT2D eigenvalue weighted by atomic mass is 35.5. The van der Waals surface area contributed by atoms with Gasteiger partial charge in [0.1, 0.15) is 35.1 Å². The zero-order chi connectivity index (χ0) is 24.8. The van der Waals surface area contributed by atoms with Crippen molar-refractivity contribution in [2.24, 2.45) is 26.6 Å². The lowest BCUT2D eigenvalue weighted by Crippen LogP contribution is -2.29. The van der Waals surface area contributed by atoms with E-state index in [0.717, 1.165) is 0 Å². The van der Waals surface area contributed by atoms with Gasteiger partial charge in [0.2, 0.25) is 0 Å². The van der Waals surface area contributed by atoms with Crippen LogP contribution in [0.3, 0.4) is 0 Å². The first-order chi connectivity index (χ1) is 16.2. The van der Waals surface area contributed by atoms with E-state index in [1.165, 1.54) is 7.05 Å². The number of benzene rings is 1. The molecule has 4 N–H and O–H groups in total. The van der Waals surface area contributed by atoms with E-state index in [2.05, 4.69) is 48.5 Å². The number of nitrogens with one attached hydrogen (secondary N) is 1. The van der Waals surface area contributed by atoms with Crippen LogP contribution in [0.15, 0.2) is 56.2 Å². The van der Waals surface area contributed by atoms with E-state index in [1.54, 1.807) is 50.2 Å². The van der Waals surface area contributed by atoms with Crippen molar-refractivity contribution in [2.45, 2.75) is 26.0 Å². The number of amidine groups is 2. The summed E-state index contributed by atoms with van der Waals surface area (Å²) in [7, 11) is 1.53. The summed E-state index contributed by atoms with van der Waals surface area (Å²) < 4.78 is 0. The van der Waals surface area contributed by atoms with Gasteiger partial charge >= 0.3 is 0 Å². The van der Waals surface area contributed by atoms with Gasteiger partial charge < -0.3 is 15.8 Å². The van der Waals surface area contributed by atoms with Gasteiger partial charge in [-0.05, 0) is 50.8 Å². The Morgan fingerprint density at radius 2 is 1.97 bits per heavy atom. The van der Waals surface area contributed by atoms with Crippen molar-refractivity contribution in [3.8, 4) is 11.8 Å². The molecule has 0 spiro atoms. The van der Waals surface area contributed by atoms with Crippen molar-refractivity contribution in [3.63, 3.8) is 0 Å². The molecule has 0 fully saturated rings. The lowest BCUT2D eigenvalue weighted by molar-refractivity contribution is 0.194. The Bertz CT molecular complexity index is 1400. The Hall–Kier alpha value is -3.87. The van der Waals surface area contributed by atoms with Crippen molar-refractivity contribution in [2.75, 3.05) is 7.05 Å². The number of aliphatic hydroxyl groups excluding tert-OH is 1. The Balaban J connectivity index is 2.01. The topological polar surface area (TPSA) is 142 Å². The fourth-order valence-corrected chi connectivity index (χ4v) is 3.39. The molecule has 0 amide bonds. The molecule has 10 heteroatoms. The molecule has 0 aliphatic carbocycles. The number of pyridine rings is 1. The number of halogens is 1. The maximum absolute atomic E-state index is 12.6. The van der Waals surface area contributed by atoms with E-state index in [0.29, 0.717) is 33.1 Å².